The second-order valence-corrected chi connectivity index (χ2v) is 4.97. The Bertz CT molecular complexity index is 434. The maximum absolute atomic E-state index is 11.8. The molecule has 1 atom stereocenters. The lowest BCUT2D eigenvalue weighted by atomic mass is 9.96. The van der Waals surface area contributed by atoms with Crippen LogP contribution in [0.1, 0.15) is 18.9 Å². The van der Waals surface area contributed by atoms with E-state index < -0.39 is 5.97 Å². The number of rotatable bonds is 6. The van der Waals surface area contributed by atoms with Crippen molar-refractivity contribution in [1.82, 2.24) is 5.32 Å². The Hall–Kier alpha value is -1.36. The summed E-state index contributed by atoms with van der Waals surface area (Å²) in [5.74, 6) is -1.43. The first-order valence-corrected chi connectivity index (χ1v) is 6.56. The molecule has 1 rings (SSSR count). The Kier molecular flexibility index (Phi) is 5.85. The summed E-state index contributed by atoms with van der Waals surface area (Å²) in [6, 6.07) is 7.77. The second-order valence-electron chi connectivity index (χ2n) is 4.05. The molecule has 0 radical (unpaired) electrons. The van der Waals surface area contributed by atoms with E-state index in [0.29, 0.717) is 12.8 Å². The van der Waals surface area contributed by atoms with Gasteiger partial charge >= 0.3 is 5.97 Å². The summed E-state index contributed by atoms with van der Waals surface area (Å²) < 4.78 is 0.973. The number of nitrogens with one attached hydrogen (secondary N) is 1. The van der Waals surface area contributed by atoms with Crippen LogP contribution >= 0.6 is 15.9 Å². The lowest BCUT2D eigenvalue weighted by Gasteiger charge is -2.14. The van der Waals surface area contributed by atoms with Gasteiger partial charge in [0.1, 0.15) is 6.54 Å². The standard InChI is InChI=1S/C13H16BrNO3/c1-2-10(13(18)15-8-12(16)17)6-9-4-3-5-11(14)7-9/h3-5,7,10H,2,6,8H2,1H3,(H,15,18)(H,16,17)/t10-/m0/s1. The van der Waals surface area contributed by atoms with E-state index in [1.165, 1.54) is 0 Å². The van der Waals surface area contributed by atoms with Gasteiger partial charge < -0.3 is 10.4 Å². The van der Waals surface area contributed by atoms with E-state index in [0.717, 1.165) is 10.0 Å². The summed E-state index contributed by atoms with van der Waals surface area (Å²) in [6.45, 7) is 1.59. The molecular weight excluding hydrogens is 298 g/mol. The molecule has 0 saturated carbocycles. The topological polar surface area (TPSA) is 66.4 Å². The van der Waals surface area contributed by atoms with Crippen molar-refractivity contribution < 1.29 is 14.7 Å². The normalized spacial score (nSPS) is 11.9. The Balaban J connectivity index is 2.61. The van der Waals surface area contributed by atoms with E-state index in [4.69, 9.17) is 5.11 Å². The van der Waals surface area contributed by atoms with Gasteiger partial charge in [0.25, 0.3) is 0 Å². The summed E-state index contributed by atoms with van der Waals surface area (Å²) in [6.07, 6.45) is 1.29. The fraction of sp³-hybridized carbons (Fsp3) is 0.385. The molecule has 0 saturated heterocycles. The zero-order valence-electron chi connectivity index (χ0n) is 10.1. The molecular formula is C13H16BrNO3. The number of amides is 1. The van der Waals surface area contributed by atoms with Crippen molar-refractivity contribution in [3.05, 3.63) is 34.3 Å². The SMILES string of the molecule is CC[C@@H](Cc1cccc(Br)c1)C(=O)NCC(=O)O. The van der Waals surface area contributed by atoms with Crippen molar-refractivity contribution in [3.8, 4) is 0 Å². The largest absolute Gasteiger partial charge is 0.480 e. The summed E-state index contributed by atoms with van der Waals surface area (Å²) in [7, 11) is 0. The molecule has 0 heterocycles. The number of aliphatic carboxylic acids is 1. The molecule has 98 valence electrons. The van der Waals surface area contributed by atoms with Crippen LogP contribution in [0, 0.1) is 5.92 Å². The fourth-order valence-electron chi connectivity index (χ4n) is 1.68. The second kappa shape index (κ2) is 7.16. The van der Waals surface area contributed by atoms with E-state index in [2.05, 4.69) is 21.2 Å². The minimum Gasteiger partial charge on any atom is -0.480 e. The molecule has 0 aliphatic heterocycles. The van der Waals surface area contributed by atoms with Gasteiger partial charge in [-0.25, -0.2) is 0 Å². The van der Waals surface area contributed by atoms with E-state index in [1.807, 2.05) is 31.2 Å². The average molecular weight is 314 g/mol. The third-order valence-corrected chi connectivity index (χ3v) is 3.14. The Morgan fingerprint density at radius 1 is 1.44 bits per heavy atom. The van der Waals surface area contributed by atoms with Gasteiger partial charge in [0, 0.05) is 10.4 Å². The molecule has 0 spiro atoms. The van der Waals surface area contributed by atoms with Crippen molar-refractivity contribution in [2.24, 2.45) is 5.92 Å². The predicted octanol–water partition coefficient (Wildman–Crippen LogP) is 2.22. The van der Waals surface area contributed by atoms with E-state index >= 15 is 0 Å². The molecule has 0 unspecified atom stereocenters. The van der Waals surface area contributed by atoms with Gasteiger partial charge in [0.05, 0.1) is 0 Å². The molecule has 0 aliphatic rings. The highest BCUT2D eigenvalue weighted by Gasteiger charge is 2.17. The summed E-state index contributed by atoms with van der Waals surface area (Å²) in [4.78, 5) is 22.2. The zero-order valence-corrected chi connectivity index (χ0v) is 11.7. The van der Waals surface area contributed by atoms with Crippen LogP contribution in [0.5, 0.6) is 0 Å². The number of hydrogen-bond donors (Lipinski definition) is 2. The zero-order chi connectivity index (χ0) is 13.5. The number of hydrogen-bond acceptors (Lipinski definition) is 2. The molecule has 0 aliphatic carbocycles. The van der Waals surface area contributed by atoms with Crippen LogP contribution in [0.3, 0.4) is 0 Å². The van der Waals surface area contributed by atoms with Crippen LogP contribution in [-0.2, 0) is 16.0 Å². The predicted molar refractivity (Wildman–Crippen MR) is 72.3 cm³/mol. The number of carbonyl (C=O) groups excluding carboxylic acids is 1. The van der Waals surface area contributed by atoms with Crippen molar-refractivity contribution in [3.63, 3.8) is 0 Å². The number of halogens is 1. The molecule has 18 heavy (non-hydrogen) atoms. The van der Waals surface area contributed by atoms with Crippen LogP contribution in [0.25, 0.3) is 0 Å². The van der Waals surface area contributed by atoms with Gasteiger partial charge in [0.2, 0.25) is 5.91 Å². The third-order valence-electron chi connectivity index (χ3n) is 2.65. The van der Waals surface area contributed by atoms with Gasteiger partial charge in [-0.05, 0) is 30.5 Å². The highest BCUT2D eigenvalue weighted by Crippen LogP contribution is 2.17. The number of carboxylic acids is 1. The number of carboxylic acid groups (broad SMARTS) is 1. The smallest absolute Gasteiger partial charge is 0.322 e. The Labute approximate surface area is 115 Å². The van der Waals surface area contributed by atoms with Gasteiger partial charge in [-0.3, -0.25) is 9.59 Å². The maximum Gasteiger partial charge on any atom is 0.322 e. The van der Waals surface area contributed by atoms with Gasteiger partial charge in [-0.1, -0.05) is 35.0 Å². The van der Waals surface area contributed by atoms with E-state index in [-0.39, 0.29) is 18.4 Å². The summed E-state index contributed by atoms with van der Waals surface area (Å²) in [5.41, 5.74) is 1.06. The van der Waals surface area contributed by atoms with Crippen molar-refractivity contribution in [2.75, 3.05) is 6.54 Å². The quantitative estimate of drug-likeness (QED) is 0.846. The van der Waals surface area contributed by atoms with Crippen LogP contribution in [0.4, 0.5) is 0 Å². The molecule has 5 heteroatoms. The van der Waals surface area contributed by atoms with E-state index in [1.54, 1.807) is 0 Å². The van der Waals surface area contributed by atoms with Crippen molar-refractivity contribution in [1.29, 1.82) is 0 Å². The van der Waals surface area contributed by atoms with Crippen molar-refractivity contribution >= 4 is 27.8 Å². The van der Waals surface area contributed by atoms with Crippen LogP contribution < -0.4 is 5.32 Å². The Morgan fingerprint density at radius 3 is 2.72 bits per heavy atom. The number of benzene rings is 1. The minimum absolute atomic E-state index is 0.196. The fourth-order valence-corrected chi connectivity index (χ4v) is 2.12. The lowest BCUT2D eigenvalue weighted by Crippen LogP contribution is -2.35. The molecule has 1 aromatic carbocycles. The molecule has 1 aromatic rings. The first-order valence-electron chi connectivity index (χ1n) is 5.77. The van der Waals surface area contributed by atoms with E-state index in [9.17, 15) is 9.59 Å². The number of carbonyl (C=O) groups is 2. The molecule has 2 N–H and O–H groups in total. The van der Waals surface area contributed by atoms with Crippen LogP contribution in [-0.4, -0.2) is 23.5 Å². The van der Waals surface area contributed by atoms with Crippen LogP contribution in [0.15, 0.2) is 28.7 Å². The highest BCUT2D eigenvalue weighted by atomic mass is 79.9. The molecule has 1 amide bonds. The third kappa shape index (κ3) is 4.87. The summed E-state index contributed by atoms with van der Waals surface area (Å²) >= 11 is 3.38. The van der Waals surface area contributed by atoms with Gasteiger partial charge in [-0.15, -0.1) is 0 Å². The molecule has 0 bridgehead atoms. The van der Waals surface area contributed by atoms with Gasteiger partial charge in [-0.2, -0.15) is 0 Å². The van der Waals surface area contributed by atoms with Crippen LogP contribution in [0.2, 0.25) is 0 Å². The average Bonchev–Trinajstić information content (AvgIpc) is 2.33. The molecule has 4 nitrogen and oxygen atoms in total. The maximum atomic E-state index is 11.8. The lowest BCUT2D eigenvalue weighted by molar-refractivity contribution is -0.138. The van der Waals surface area contributed by atoms with Crippen molar-refractivity contribution in [2.45, 2.75) is 19.8 Å². The first kappa shape index (κ1) is 14.7. The van der Waals surface area contributed by atoms with Gasteiger partial charge in [0.15, 0.2) is 0 Å². The highest BCUT2D eigenvalue weighted by molar-refractivity contribution is 9.10. The Morgan fingerprint density at radius 2 is 2.17 bits per heavy atom. The molecule has 0 fully saturated rings. The molecule has 0 aromatic heterocycles. The first-order chi connectivity index (χ1) is 8.52. The summed E-state index contributed by atoms with van der Waals surface area (Å²) in [5, 5.41) is 10.9. The minimum atomic E-state index is -1.03. The monoisotopic (exact) mass is 313 g/mol.